The molecule has 1 saturated carbocycles. The Morgan fingerprint density at radius 2 is 1.50 bits per heavy atom. The summed E-state index contributed by atoms with van der Waals surface area (Å²) < 4.78 is 0. The van der Waals surface area contributed by atoms with Gasteiger partial charge in [0.05, 0.1) is 5.60 Å². The molecule has 0 aromatic carbocycles. The Morgan fingerprint density at radius 3 is 2.11 bits per heavy atom. The van der Waals surface area contributed by atoms with E-state index in [1.807, 2.05) is 0 Å². The molecule has 0 amide bonds. The summed E-state index contributed by atoms with van der Waals surface area (Å²) in [5.74, 6) is 0. The summed E-state index contributed by atoms with van der Waals surface area (Å²) in [5, 5.41) is 14.8. The summed E-state index contributed by atoms with van der Waals surface area (Å²) in [7, 11) is 0. The van der Waals surface area contributed by atoms with Crippen LogP contribution in [0.15, 0.2) is 0 Å². The second-order valence-corrected chi connectivity index (χ2v) is 8.32. The largest absolute Gasteiger partial charge is 0.388 e. The molecular weight excluding hydrogens is 222 g/mol. The van der Waals surface area contributed by atoms with Crippen molar-refractivity contribution < 1.29 is 5.11 Å². The van der Waals surface area contributed by atoms with Gasteiger partial charge in [-0.3, -0.25) is 0 Å². The number of rotatable bonds is 1. The molecule has 2 aliphatic rings. The van der Waals surface area contributed by atoms with Gasteiger partial charge in [0.2, 0.25) is 0 Å². The van der Waals surface area contributed by atoms with Gasteiger partial charge in [-0.05, 0) is 49.5 Å². The van der Waals surface area contributed by atoms with E-state index in [1.165, 1.54) is 25.7 Å². The van der Waals surface area contributed by atoms with Gasteiger partial charge in [-0.1, -0.05) is 40.5 Å². The SMILES string of the molecule is CC1(C)CC(C)(C)CC(O)(C2CCCCCN2)C1. The number of hydrogen-bond donors (Lipinski definition) is 2. The minimum Gasteiger partial charge on any atom is -0.388 e. The Bertz CT molecular complexity index is 271. The van der Waals surface area contributed by atoms with E-state index in [4.69, 9.17) is 0 Å². The van der Waals surface area contributed by atoms with Crippen LogP contribution in [-0.4, -0.2) is 23.3 Å². The third kappa shape index (κ3) is 3.27. The molecule has 2 N–H and O–H groups in total. The van der Waals surface area contributed by atoms with Gasteiger partial charge in [-0.25, -0.2) is 0 Å². The molecule has 0 aromatic heterocycles. The Balaban J connectivity index is 2.17. The molecule has 2 fully saturated rings. The standard InChI is InChI=1S/C16H31NO/c1-14(2)10-15(3,4)12-16(18,11-14)13-8-6-5-7-9-17-13/h13,17-18H,5-12H2,1-4H3. The van der Waals surface area contributed by atoms with Gasteiger partial charge >= 0.3 is 0 Å². The molecule has 1 unspecified atom stereocenters. The lowest BCUT2D eigenvalue weighted by molar-refractivity contribution is -0.108. The van der Waals surface area contributed by atoms with Crippen LogP contribution < -0.4 is 5.32 Å². The zero-order valence-electron chi connectivity index (χ0n) is 12.7. The monoisotopic (exact) mass is 253 g/mol. The molecule has 0 spiro atoms. The summed E-state index contributed by atoms with van der Waals surface area (Å²) >= 11 is 0. The van der Waals surface area contributed by atoms with Crippen molar-refractivity contribution in [3.05, 3.63) is 0 Å². The van der Waals surface area contributed by atoms with Crippen LogP contribution in [0.25, 0.3) is 0 Å². The van der Waals surface area contributed by atoms with Gasteiger partial charge in [0, 0.05) is 6.04 Å². The van der Waals surface area contributed by atoms with Crippen molar-refractivity contribution in [3.8, 4) is 0 Å². The van der Waals surface area contributed by atoms with E-state index in [1.54, 1.807) is 0 Å². The van der Waals surface area contributed by atoms with E-state index in [2.05, 4.69) is 33.0 Å². The van der Waals surface area contributed by atoms with Crippen LogP contribution in [0.5, 0.6) is 0 Å². The highest BCUT2D eigenvalue weighted by Crippen LogP contribution is 2.51. The highest BCUT2D eigenvalue weighted by molar-refractivity contribution is 5.03. The maximum absolute atomic E-state index is 11.2. The second kappa shape index (κ2) is 4.79. The van der Waals surface area contributed by atoms with E-state index < -0.39 is 5.60 Å². The van der Waals surface area contributed by atoms with Crippen molar-refractivity contribution in [3.63, 3.8) is 0 Å². The normalized spacial score (nSPS) is 34.8. The number of hydrogen-bond acceptors (Lipinski definition) is 2. The number of nitrogens with one attached hydrogen (secondary N) is 1. The van der Waals surface area contributed by atoms with E-state index in [0.717, 1.165) is 25.8 Å². The minimum absolute atomic E-state index is 0.254. The van der Waals surface area contributed by atoms with Gasteiger partial charge in [-0.2, -0.15) is 0 Å². The predicted octanol–water partition coefficient (Wildman–Crippen LogP) is 3.49. The van der Waals surface area contributed by atoms with E-state index in [0.29, 0.717) is 6.04 Å². The Labute approximate surface area is 113 Å². The van der Waals surface area contributed by atoms with E-state index >= 15 is 0 Å². The average molecular weight is 253 g/mol. The van der Waals surface area contributed by atoms with Crippen molar-refractivity contribution in [2.45, 2.75) is 84.3 Å². The molecule has 0 radical (unpaired) electrons. The molecular formula is C16H31NO. The van der Waals surface area contributed by atoms with Crippen molar-refractivity contribution >= 4 is 0 Å². The van der Waals surface area contributed by atoms with Crippen molar-refractivity contribution in [2.24, 2.45) is 10.8 Å². The highest BCUT2D eigenvalue weighted by atomic mass is 16.3. The van der Waals surface area contributed by atoms with Gasteiger partial charge in [0.25, 0.3) is 0 Å². The molecule has 0 aromatic rings. The smallest absolute Gasteiger partial charge is 0.0810 e. The van der Waals surface area contributed by atoms with Crippen molar-refractivity contribution in [2.75, 3.05) is 6.54 Å². The minimum atomic E-state index is -0.504. The van der Waals surface area contributed by atoms with Crippen molar-refractivity contribution in [1.29, 1.82) is 0 Å². The zero-order chi connectivity index (χ0) is 13.4. The second-order valence-electron chi connectivity index (χ2n) is 8.32. The first-order chi connectivity index (χ1) is 8.23. The fourth-order valence-corrected chi connectivity index (χ4v) is 4.87. The first-order valence-corrected chi connectivity index (χ1v) is 7.68. The summed E-state index contributed by atoms with van der Waals surface area (Å²) in [5.41, 5.74) is 0.00452. The lowest BCUT2D eigenvalue weighted by Gasteiger charge is -2.52. The lowest BCUT2D eigenvalue weighted by atomic mass is 9.57. The van der Waals surface area contributed by atoms with E-state index in [9.17, 15) is 5.11 Å². The maximum Gasteiger partial charge on any atom is 0.0810 e. The molecule has 2 nitrogen and oxygen atoms in total. The van der Waals surface area contributed by atoms with E-state index in [-0.39, 0.29) is 10.8 Å². The summed E-state index contributed by atoms with van der Waals surface area (Å²) in [6, 6.07) is 0.304. The summed E-state index contributed by atoms with van der Waals surface area (Å²) in [4.78, 5) is 0. The van der Waals surface area contributed by atoms with Gasteiger partial charge in [0.1, 0.15) is 0 Å². The maximum atomic E-state index is 11.2. The molecule has 1 aliphatic carbocycles. The van der Waals surface area contributed by atoms with Gasteiger partial charge < -0.3 is 10.4 Å². The van der Waals surface area contributed by atoms with Crippen LogP contribution in [0, 0.1) is 10.8 Å². The zero-order valence-corrected chi connectivity index (χ0v) is 12.7. The van der Waals surface area contributed by atoms with Crippen LogP contribution in [0.4, 0.5) is 0 Å². The fraction of sp³-hybridized carbons (Fsp3) is 1.00. The molecule has 2 heteroatoms. The molecule has 1 aliphatic heterocycles. The Kier molecular flexibility index (Phi) is 3.81. The highest BCUT2D eigenvalue weighted by Gasteiger charge is 2.49. The van der Waals surface area contributed by atoms with Crippen LogP contribution in [0.3, 0.4) is 0 Å². The van der Waals surface area contributed by atoms with Gasteiger partial charge in [0.15, 0.2) is 0 Å². The van der Waals surface area contributed by atoms with Crippen LogP contribution >= 0.6 is 0 Å². The average Bonchev–Trinajstić information content (AvgIpc) is 2.38. The molecule has 1 saturated heterocycles. The third-order valence-corrected chi connectivity index (χ3v) is 4.74. The van der Waals surface area contributed by atoms with Crippen molar-refractivity contribution in [1.82, 2.24) is 5.32 Å². The molecule has 1 atom stereocenters. The fourth-order valence-electron chi connectivity index (χ4n) is 4.87. The number of aliphatic hydroxyl groups is 1. The lowest BCUT2D eigenvalue weighted by Crippen LogP contribution is -2.57. The first-order valence-electron chi connectivity index (χ1n) is 7.68. The van der Waals surface area contributed by atoms with Crippen LogP contribution in [0.1, 0.15) is 72.6 Å². The summed E-state index contributed by atoms with van der Waals surface area (Å²) in [6.07, 6.45) is 8.09. The Hall–Kier alpha value is -0.0800. The molecule has 18 heavy (non-hydrogen) atoms. The first kappa shape index (κ1) is 14.3. The molecule has 2 rings (SSSR count). The topological polar surface area (TPSA) is 32.3 Å². The van der Waals surface area contributed by atoms with Crippen LogP contribution in [-0.2, 0) is 0 Å². The molecule has 106 valence electrons. The quantitative estimate of drug-likeness (QED) is 0.750. The predicted molar refractivity (Wildman–Crippen MR) is 76.6 cm³/mol. The van der Waals surface area contributed by atoms with Gasteiger partial charge in [-0.15, -0.1) is 0 Å². The summed E-state index contributed by atoms with van der Waals surface area (Å²) in [6.45, 7) is 10.3. The van der Waals surface area contributed by atoms with Crippen LogP contribution in [0.2, 0.25) is 0 Å². The molecule has 1 heterocycles. The Morgan fingerprint density at radius 1 is 0.889 bits per heavy atom. The molecule has 0 bridgehead atoms. The third-order valence-electron chi connectivity index (χ3n) is 4.74.